The van der Waals surface area contributed by atoms with Crippen LogP contribution in [0.5, 0.6) is 11.6 Å². The standard InChI is InChI=1S/C19H12Cl3N3O3/c20-11-3-1-4-13(9-11)28-16-8-7-12(10-23-16)24-19(27)25-18(26)17-14(21)5-2-6-15(17)22/h1-10H,(H2,24,25,26,27). The Labute approximate surface area is 175 Å². The van der Waals surface area contributed by atoms with Gasteiger partial charge in [0.1, 0.15) is 5.75 Å². The summed E-state index contributed by atoms with van der Waals surface area (Å²) >= 11 is 17.8. The predicted octanol–water partition coefficient (Wildman–Crippen LogP) is 5.80. The topological polar surface area (TPSA) is 80.3 Å². The van der Waals surface area contributed by atoms with Gasteiger partial charge in [0.15, 0.2) is 0 Å². The van der Waals surface area contributed by atoms with Crippen molar-refractivity contribution in [1.29, 1.82) is 0 Å². The molecule has 0 saturated heterocycles. The second kappa shape index (κ2) is 8.93. The summed E-state index contributed by atoms with van der Waals surface area (Å²) in [6.07, 6.45) is 1.38. The highest BCUT2D eigenvalue weighted by Crippen LogP contribution is 2.25. The Morgan fingerprint density at radius 3 is 2.29 bits per heavy atom. The quantitative estimate of drug-likeness (QED) is 0.542. The molecule has 0 atom stereocenters. The molecule has 0 aliphatic heterocycles. The van der Waals surface area contributed by atoms with Crippen molar-refractivity contribution in [2.24, 2.45) is 0 Å². The maximum Gasteiger partial charge on any atom is 0.326 e. The molecule has 6 nitrogen and oxygen atoms in total. The monoisotopic (exact) mass is 435 g/mol. The summed E-state index contributed by atoms with van der Waals surface area (Å²) in [6, 6.07) is 13.8. The van der Waals surface area contributed by atoms with Gasteiger partial charge in [-0.05, 0) is 36.4 Å². The zero-order chi connectivity index (χ0) is 20.1. The number of carbonyl (C=O) groups excluding carboxylic acids is 2. The number of carbonyl (C=O) groups is 2. The molecule has 2 N–H and O–H groups in total. The molecule has 3 amide bonds. The van der Waals surface area contributed by atoms with E-state index in [1.165, 1.54) is 18.3 Å². The number of rotatable bonds is 4. The lowest BCUT2D eigenvalue weighted by atomic mass is 10.2. The minimum absolute atomic E-state index is 0.0179. The Morgan fingerprint density at radius 1 is 0.929 bits per heavy atom. The van der Waals surface area contributed by atoms with E-state index >= 15 is 0 Å². The number of pyridine rings is 1. The Hall–Kier alpha value is -2.80. The fraction of sp³-hybridized carbons (Fsp3) is 0. The van der Waals surface area contributed by atoms with Gasteiger partial charge in [-0.25, -0.2) is 9.78 Å². The first kappa shape index (κ1) is 19.9. The van der Waals surface area contributed by atoms with E-state index in [1.807, 2.05) is 0 Å². The highest BCUT2D eigenvalue weighted by Gasteiger charge is 2.17. The first-order chi connectivity index (χ1) is 13.4. The zero-order valence-corrected chi connectivity index (χ0v) is 16.3. The highest BCUT2D eigenvalue weighted by atomic mass is 35.5. The largest absolute Gasteiger partial charge is 0.439 e. The summed E-state index contributed by atoms with van der Waals surface area (Å²) in [5.74, 6) is 0.120. The van der Waals surface area contributed by atoms with Crippen molar-refractivity contribution in [3.05, 3.63) is 81.4 Å². The normalized spacial score (nSPS) is 10.2. The van der Waals surface area contributed by atoms with Crippen LogP contribution < -0.4 is 15.4 Å². The predicted molar refractivity (Wildman–Crippen MR) is 109 cm³/mol. The van der Waals surface area contributed by atoms with Crippen LogP contribution in [0.15, 0.2) is 60.8 Å². The molecule has 3 rings (SSSR count). The highest BCUT2D eigenvalue weighted by molar-refractivity contribution is 6.40. The van der Waals surface area contributed by atoms with E-state index in [-0.39, 0.29) is 15.6 Å². The summed E-state index contributed by atoms with van der Waals surface area (Å²) in [7, 11) is 0. The summed E-state index contributed by atoms with van der Waals surface area (Å²) in [5, 5.41) is 5.46. The van der Waals surface area contributed by atoms with Gasteiger partial charge in [0.05, 0.1) is 27.5 Å². The van der Waals surface area contributed by atoms with Gasteiger partial charge < -0.3 is 10.1 Å². The van der Waals surface area contributed by atoms with Crippen LogP contribution in [0.4, 0.5) is 10.5 Å². The average Bonchev–Trinajstić information content (AvgIpc) is 2.63. The number of hydrogen-bond acceptors (Lipinski definition) is 4. The first-order valence-electron chi connectivity index (χ1n) is 7.88. The van der Waals surface area contributed by atoms with E-state index in [0.717, 1.165) is 0 Å². The number of amides is 3. The van der Waals surface area contributed by atoms with Crippen LogP contribution in [0, 0.1) is 0 Å². The molecule has 0 fully saturated rings. The fourth-order valence-corrected chi connectivity index (χ4v) is 2.96. The van der Waals surface area contributed by atoms with Crippen molar-refractivity contribution in [1.82, 2.24) is 10.3 Å². The summed E-state index contributed by atoms with van der Waals surface area (Å²) in [4.78, 5) is 28.3. The van der Waals surface area contributed by atoms with Gasteiger partial charge in [0, 0.05) is 11.1 Å². The smallest absolute Gasteiger partial charge is 0.326 e. The van der Waals surface area contributed by atoms with Crippen LogP contribution >= 0.6 is 34.8 Å². The van der Waals surface area contributed by atoms with Crippen molar-refractivity contribution in [2.75, 3.05) is 5.32 Å². The minimum atomic E-state index is -0.758. The number of hydrogen-bond donors (Lipinski definition) is 2. The lowest BCUT2D eigenvalue weighted by molar-refractivity contribution is 0.0967. The number of ether oxygens (including phenoxy) is 1. The number of aromatic nitrogens is 1. The maximum atomic E-state index is 12.2. The lowest BCUT2D eigenvalue weighted by Crippen LogP contribution is -2.34. The number of urea groups is 1. The third-order valence-electron chi connectivity index (χ3n) is 3.43. The van der Waals surface area contributed by atoms with Gasteiger partial charge in [-0.3, -0.25) is 10.1 Å². The lowest BCUT2D eigenvalue weighted by Gasteiger charge is -2.09. The summed E-state index contributed by atoms with van der Waals surface area (Å²) < 4.78 is 5.56. The third-order valence-corrected chi connectivity index (χ3v) is 4.29. The molecule has 0 aliphatic carbocycles. The average molecular weight is 437 g/mol. The molecule has 142 valence electrons. The molecular formula is C19H12Cl3N3O3. The maximum absolute atomic E-state index is 12.2. The van der Waals surface area contributed by atoms with Crippen LogP contribution in [0.1, 0.15) is 10.4 Å². The van der Waals surface area contributed by atoms with Crippen LogP contribution in [0.25, 0.3) is 0 Å². The molecule has 0 aliphatic rings. The molecule has 28 heavy (non-hydrogen) atoms. The minimum Gasteiger partial charge on any atom is -0.439 e. The van der Waals surface area contributed by atoms with Gasteiger partial charge in [0.25, 0.3) is 5.91 Å². The van der Waals surface area contributed by atoms with Gasteiger partial charge >= 0.3 is 6.03 Å². The zero-order valence-electron chi connectivity index (χ0n) is 14.1. The molecule has 0 saturated carbocycles. The number of imide groups is 1. The van der Waals surface area contributed by atoms with Gasteiger partial charge in [-0.15, -0.1) is 0 Å². The third kappa shape index (κ3) is 5.13. The molecule has 0 bridgehead atoms. The summed E-state index contributed by atoms with van der Waals surface area (Å²) in [6.45, 7) is 0. The number of nitrogens with one attached hydrogen (secondary N) is 2. The van der Waals surface area contributed by atoms with E-state index in [4.69, 9.17) is 39.5 Å². The van der Waals surface area contributed by atoms with E-state index in [0.29, 0.717) is 22.3 Å². The van der Waals surface area contributed by atoms with Crippen molar-refractivity contribution < 1.29 is 14.3 Å². The fourth-order valence-electron chi connectivity index (χ4n) is 2.21. The van der Waals surface area contributed by atoms with Crippen LogP contribution in [-0.4, -0.2) is 16.9 Å². The van der Waals surface area contributed by atoms with E-state index in [2.05, 4.69) is 15.6 Å². The number of benzene rings is 2. The van der Waals surface area contributed by atoms with Gasteiger partial charge in [-0.1, -0.05) is 46.9 Å². The Bertz CT molecular complexity index is 1010. The van der Waals surface area contributed by atoms with E-state index < -0.39 is 11.9 Å². The van der Waals surface area contributed by atoms with Crippen molar-refractivity contribution in [3.63, 3.8) is 0 Å². The van der Waals surface area contributed by atoms with Crippen LogP contribution in [-0.2, 0) is 0 Å². The molecule has 3 aromatic rings. The first-order valence-corrected chi connectivity index (χ1v) is 9.01. The molecule has 2 aromatic carbocycles. The number of nitrogens with zero attached hydrogens (tertiary/aromatic N) is 1. The van der Waals surface area contributed by atoms with E-state index in [9.17, 15) is 9.59 Å². The molecule has 1 heterocycles. The number of halogens is 3. The molecule has 1 aromatic heterocycles. The molecule has 9 heteroatoms. The SMILES string of the molecule is O=C(NC(=O)c1c(Cl)cccc1Cl)Nc1ccc(Oc2cccc(Cl)c2)nc1. The Morgan fingerprint density at radius 2 is 1.64 bits per heavy atom. The second-order valence-electron chi connectivity index (χ2n) is 5.45. The molecule has 0 radical (unpaired) electrons. The van der Waals surface area contributed by atoms with Gasteiger partial charge in [-0.2, -0.15) is 0 Å². The van der Waals surface area contributed by atoms with E-state index in [1.54, 1.807) is 42.5 Å². The van der Waals surface area contributed by atoms with Crippen LogP contribution in [0.2, 0.25) is 15.1 Å². The number of anilines is 1. The van der Waals surface area contributed by atoms with Crippen molar-refractivity contribution in [2.45, 2.75) is 0 Å². The molecule has 0 unspecified atom stereocenters. The Kier molecular flexibility index (Phi) is 6.36. The molecule has 0 spiro atoms. The summed E-state index contributed by atoms with van der Waals surface area (Å²) in [5.41, 5.74) is 0.373. The van der Waals surface area contributed by atoms with Crippen molar-refractivity contribution in [3.8, 4) is 11.6 Å². The van der Waals surface area contributed by atoms with Crippen molar-refractivity contribution >= 4 is 52.4 Å². The Balaban J connectivity index is 1.60. The molecular weight excluding hydrogens is 425 g/mol. The second-order valence-corrected chi connectivity index (χ2v) is 6.70. The van der Waals surface area contributed by atoms with Crippen LogP contribution in [0.3, 0.4) is 0 Å². The van der Waals surface area contributed by atoms with Gasteiger partial charge in [0.2, 0.25) is 5.88 Å².